The average Bonchev–Trinajstić information content (AvgIpc) is 1.00. The zero-order valence-corrected chi connectivity index (χ0v) is 2.27. The van der Waals surface area contributed by atoms with Gasteiger partial charge in [-0.05, 0) is 0 Å². The number of rotatable bonds is 0. The Morgan fingerprint density at radius 3 is 1.00 bits per heavy atom. The van der Waals surface area contributed by atoms with Gasteiger partial charge in [0.05, 0.1) is 0 Å². The molecule has 0 nitrogen and oxygen atoms in total. The van der Waals surface area contributed by atoms with Crippen molar-refractivity contribution in [2.75, 3.05) is 0 Å². The quantitative estimate of drug-likeness (QED) is 0.412. The first-order valence-corrected chi connectivity index (χ1v) is 1.29. The predicted octanol–water partition coefficient (Wildman–Crippen LogP) is 0.0820. The van der Waals surface area contributed by atoms with Crippen LogP contribution in [0, 0.1) is 0 Å². The van der Waals surface area contributed by atoms with Crippen LogP contribution in [0.15, 0.2) is 0 Å². The third-order valence-corrected chi connectivity index (χ3v) is 0. The van der Waals surface area contributed by atoms with Crippen LogP contribution >= 0.6 is 21.7 Å². The fraction of sp³-hybridized carbons (Fsp3) is 0. The van der Waals surface area contributed by atoms with E-state index in [9.17, 15) is 0 Å². The summed E-state index contributed by atoms with van der Waals surface area (Å²) in [5, 5.41) is 0. The van der Waals surface area contributed by atoms with Crippen molar-refractivity contribution in [2.45, 2.75) is 0 Å². The summed E-state index contributed by atoms with van der Waals surface area (Å²) in [4.78, 5) is 0. The molecule has 0 aromatic carbocycles. The zero-order valence-electron chi connectivity index (χ0n) is 0.756. The summed E-state index contributed by atoms with van der Waals surface area (Å²) in [6.45, 7) is 0. The molecular formula is H2Cl2KNa. The molecule has 0 aromatic heterocycles. The molecule has 4 heteroatoms. The van der Waals surface area contributed by atoms with Crippen molar-refractivity contribution in [2.24, 2.45) is 0 Å². The van der Waals surface area contributed by atoms with E-state index in [2.05, 4.69) is 21.7 Å². The topological polar surface area (TPSA) is 0 Å². The van der Waals surface area contributed by atoms with E-state index in [0.29, 0.717) is 0 Å². The molecular weight excluding hydrogens is 133 g/mol. The van der Waals surface area contributed by atoms with Gasteiger partial charge in [0.15, 0.2) is 0 Å². The Balaban J connectivity index is -0.00000000500. The average molecular weight is 135 g/mol. The van der Waals surface area contributed by atoms with Crippen LogP contribution < -0.4 is 0 Å². The molecule has 0 spiro atoms. The Morgan fingerprint density at radius 1 is 1.00 bits per heavy atom. The van der Waals surface area contributed by atoms with Crippen molar-refractivity contribution in [3.63, 3.8) is 0 Å². The van der Waals surface area contributed by atoms with Gasteiger partial charge in [0.25, 0.3) is 0 Å². The molecule has 18 valence electrons. The van der Waals surface area contributed by atoms with Gasteiger partial charge in [-0.3, -0.25) is 0 Å². The number of halogens is 2. The van der Waals surface area contributed by atoms with Crippen LogP contribution in [0.2, 0.25) is 0 Å². The van der Waals surface area contributed by atoms with Gasteiger partial charge in [-0.2, -0.15) is 0 Å². The molecule has 0 bridgehead atoms. The number of hydrogen-bond acceptors (Lipinski definition) is 0. The first-order valence-electron chi connectivity index (χ1n) is 0.143. The summed E-state index contributed by atoms with van der Waals surface area (Å²) in [5.74, 6) is 0. The molecule has 0 atom stereocenters. The standard InChI is InChI=1S/Cl2.K.Na.2H/c1-2;;;;. The molecule has 0 unspecified atom stereocenters. The van der Waals surface area contributed by atoms with Crippen LogP contribution in [0.25, 0.3) is 0 Å². The van der Waals surface area contributed by atoms with Crippen molar-refractivity contribution < 1.29 is 0 Å². The minimum absolute atomic E-state index is 0. The molecule has 0 rings (SSSR count). The van der Waals surface area contributed by atoms with Crippen molar-refractivity contribution in [3.8, 4) is 0 Å². The van der Waals surface area contributed by atoms with Gasteiger partial charge in [-0.15, -0.1) is 0 Å². The van der Waals surface area contributed by atoms with Gasteiger partial charge < -0.3 is 0 Å². The van der Waals surface area contributed by atoms with Crippen LogP contribution in [-0.4, -0.2) is 80.9 Å². The van der Waals surface area contributed by atoms with Crippen LogP contribution in [0.1, 0.15) is 0 Å². The molecule has 0 saturated carbocycles. The third-order valence-electron chi connectivity index (χ3n) is 0. The molecule has 0 fully saturated rings. The van der Waals surface area contributed by atoms with Crippen LogP contribution in [0.5, 0.6) is 0 Å². The normalized spacial score (nSPS) is 1.50. The van der Waals surface area contributed by atoms with E-state index in [-0.39, 0.29) is 80.9 Å². The Labute approximate surface area is 99.9 Å². The van der Waals surface area contributed by atoms with Crippen molar-refractivity contribution >= 4 is 103 Å². The second kappa shape index (κ2) is 16.4. The summed E-state index contributed by atoms with van der Waals surface area (Å²) in [7, 11) is 8.22. The van der Waals surface area contributed by atoms with Crippen LogP contribution in [-0.2, 0) is 0 Å². The van der Waals surface area contributed by atoms with Crippen LogP contribution in [0.4, 0.5) is 0 Å². The van der Waals surface area contributed by atoms with E-state index in [0.717, 1.165) is 0 Å². The molecule has 4 heavy (non-hydrogen) atoms. The van der Waals surface area contributed by atoms with Gasteiger partial charge in [0.2, 0.25) is 0 Å². The van der Waals surface area contributed by atoms with Gasteiger partial charge >= 0.3 is 80.9 Å². The van der Waals surface area contributed by atoms with Crippen molar-refractivity contribution in [3.05, 3.63) is 0 Å². The Morgan fingerprint density at radius 2 is 1.00 bits per heavy atom. The summed E-state index contributed by atoms with van der Waals surface area (Å²) < 4.78 is 0. The van der Waals surface area contributed by atoms with E-state index >= 15 is 0 Å². The molecule has 0 aliphatic carbocycles. The number of hydrogen-bond donors (Lipinski definition) is 0. The molecule has 0 aromatic rings. The first-order chi connectivity index (χ1) is 1.00. The minimum atomic E-state index is 0. The zero-order chi connectivity index (χ0) is 2.00. The predicted molar refractivity (Wildman–Crippen MR) is 26.0 cm³/mol. The van der Waals surface area contributed by atoms with E-state index in [1.807, 2.05) is 0 Å². The van der Waals surface area contributed by atoms with Crippen LogP contribution in [0.3, 0.4) is 0 Å². The fourth-order valence-corrected chi connectivity index (χ4v) is 0. The molecule has 0 amide bonds. The fourth-order valence-electron chi connectivity index (χ4n) is 0. The van der Waals surface area contributed by atoms with Gasteiger partial charge in [0, 0.05) is 21.7 Å². The molecule has 0 heterocycles. The Hall–Kier alpha value is 3.22. The molecule has 0 radical (unpaired) electrons. The van der Waals surface area contributed by atoms with Gasteiger partial charge in [-0.25, -0.2) is 0 Å². The molecule has 0 saturated heterocycles. The summed E-state index contributed by atoms with van der Waals surface area (Å²) in [6.07, 6.45) is 0. The van der Waals surface area contributed by atoms with Crippen molar-refractivity contribution in [1.29, 1.82) is 0 Å². The van der Waals surface area contributed by atoms with Gasteiger partial charge in [-0.1, -0.05) is 0 Å². The summed E-state index contributed by atoms with van der Waals surface area (Å²) >= 11 is 0. The SMILES string of the molecule is ClCl.[KH].[NaH]. The summed E-state index contributed by atoms with van der Waals surface area (Å²) in [6, 6.07) is 0. The van der Waals surface area contributed by atoms with E-state index in [4.69, 9.17) is 0 Å². The Bertz CT molecular complexity index is 6.00. The first kappa shape index (κ1) is 15.7. The van der Waals surface area contributed by atoms with E-state index in [1.165, 1.54) is 0 Å². The monoisotopic (exact) mass is 134 g/mol. The summed E-state index contributed by atoms with van der Waals surface area (Å²) in [5.41, 5.74) is 0. The maximum absolute atomic E-state index is 4.11. The molecule has 0 N–H and O–H groups in total. The third kappa shape index (κ3) is 8.96. The van der Waals surface area contributed by atoms with Crippen molar-refractivity contribution in [1.82, 2.24) is 0 Å². The Kier molecular flexibility index (Phi) is 64.1. The van der Waals surface area contributed by atoms with E-state index in [1.54, 1.807) is 0 Å². The van der Waals surface area contributed by atoms with E-state index < -0.39 is 0 Å². The maximum atomic E-state index is 4.11. The second-order valence-corrected chi connectivity index (χ2v) is 0. The second-order valence-electron chi connectivity index (χ2n) is 0. The molecule has 0 aliphatic rings. The van der Waals surface area contributed by atoms with Gasteiger partial charge in [0.1, 0.15) is 0 Å². The molecule has 0 aliphatic heterocycles.